The number of hydrogen-bond donors (Lipinski definition) is 0. The summed E-state index contributed by atoms with van der Waals surface area (Å²) in [7, 11) is 0. The van der Waals surface area contributed by atoms with Crippen molar-refractivity contribution in [3.63, 3.8) is 0 Å². The van der Waals surface area contributed by atoms with E-state index < -0.39 is 0 Å². The molecule has 1 atom stereocenters. The van der Waals surface area contributed by atoms with Crippen LogP contribution in [0.5, 0.6) is 0 Å². The van der Waals surface area contributed by atoms with Gasteiger partial charge in [0.2, 0.25) is 5.91 Å². The summed E-state index contributed by atoms with van der Waals surface area (Å²) >= 11 is 0. The number of allylic oxidation sites excluding steroid dienone is 1. The van der Waals surface area contributed by atoms with E-state index in [0.717, 1.165) is 96.6 Å². The summed E-state index contributed by atoms with van der Waals surface area (Å²) < 4.78 is 17.5. The van der Waals surface area contributed by atoms with Crippen LogP contribution in [0.1, 0.15) is 51.4 Å². The average Bonchev–Trinajstić information content (AvgIpc) is 3.09. The second-order valence-corrected chi connectivity index (χ2v) is 8.45. The summed E-state index contributed by atoms with van der Waals surface area (Å²) in [4.78, 5) is 14.6. The molecular formula is C21H33NO4. The highest BCUT2D eigenvalue weighted by Crippen LogP contribution is 2.42. The number of likely N-dealkylation sites (tertiary alicyclic amines) is 1. The molecule has 146 valence electrons. The van der Waals surface area contributed by atoms with Crippen LogP contribution in [0.25, 0.3) is 0 Å². The fourth-order valence-electron chi connectivity index (χ4n) is 4.91. The third-order valence-electron chi connectivity index (χ3n) is 6.67. The zero-order chi connectivity index (χ0) is 17.8. The number of amides is 1. The minimum Gasteiger partial charge on any atom is -0.381 e. The molecule has 0 saturated carbocycles. The van der Waals surface area contributed by atoms with Crippen molar-refractivity contribution in [2.24, 2.45) is 11.8 Å². The van der Waals surface area contributed by atoms with E-state index in [9.17, 15) is 4.79 Å². The Bertz CT molecular complexity index is 520. The molecule has 0 aromatic carbocycles. The van der Waals surface area contributed by atoms with Gasteiger partial charge >= 0.3 is 0 Å². The van der Waals surface area contributed by atoms with Gasteiger partial charge in [-0.15, -0.1) is 0 Å². The average molecular weight is 363 g/mol. The van der Waals surface area contributed by atoms with E-state index in [-0.39, 0.29) is 11.5 Å². The Balaban J connectivity index is 1.20. The molecule has 3 saturated heterocycles. The first-order valence-electron chi connectivity index (χ1n) is 10.5. The van der Waals surface area contributed by atoms with Crippen LogP contribution >= 0.6 is 0 Å². The molecule has 4 rings (SSSR count). The van der Waals surface area contributed by atoms with E-state index in [1.165, 1.54) is 6.42 Å². The third-order valence-corrected chi connectivity index (χ3v) is 6.67. The Morgan fingerprint density at radius 2 is 2.04 bits per heavy atom. The predicted molar refractivity (Wildman–Crippen MR) is 98.9 cm³/mol. The summed E-state index contributed by atoms with van der Waals surface area (Å²) in [5.74, 6) is 1.44. The number of nitrogens with zero attached hydrogens (tertiary/aromatic N) is 1. The first-order valence-corrected chi connectivity index (χ1v) is 10.5. The van der Waals surface area contributed by atoms with Crippen molar-refractivity contribution in [3.05, 3.63) is 11.6 Å². The molecule has 26 heavy (non-hydrogen) atoms. The molecule has 0 aromatic heterocycles. The van der Waals surface area contributed by atoms with Crippen LogP contribution in [0.15, 0.2) is 11.6 Å². The summed E-state index contributed by atoms with van der Waals surface area (Å²) in [5.41, 5.74) is 0.938. The molecule has 0 radical (unpaired) electrons. The van der Waals surface area contributed by atoms with Crippen LogP contribution in [-0.4, -0.2) is 62.5 Å². The number of hydrogen-bond acceptors (Lipinski definition) is 4. The van der Waals surface area contributed by atoms with Gasteiger partial charge in [-0.25, -0.2) is 0 Å². The molecule has 5 heteroatoms. The van der Waals surface area contributed by atoms with Gasteiger partial charge in [-0.05, 0) is 63.2 Å². The lowest BCUT2D eigenvalue weighted by Gasteiger charge is -2.50. The molecule has 0 unspecified atom stereocenters. The van der Waals surface area contributed by atoms with Crippen molar-refractivity contribution in [1.82, 2.24) is 4.90 Å². The maximum Gasteiger partial charge on any atom is 0.249 e. The Hall–Kier alpha value is -0.910. The van der Waals surface area contributed by atoms with Crippen LogP contribution in [0, 0.1) is 11.8 Å². The van der Waals surface area contributed by atoms with Crippen molar-refractivity contribution in [1.29, 1.82) is 0 Å². The van der Waals surface area contributed by atoms with Gasteiger partial charge in [0.25, 0.3) is 0 Å². The summed E-state index contributed by atoms with van der Waals surface area (Å²) in [6, 6.07) is 0. The zero-order valence-electron chi connectivity index (χ0n) is 15.9. The quantitative estimate of drug-likeness (QED) is 0.681. The summed E-state index contributed by atoms with van der Waals surface area (Å²) in [5, 5.41) is 0. The van der Waals surface area contributed by atoms with Crippen LogP contribution in [0.4, 0.5) is 0 Å². The first kappa shape index (κ1) is 18.5. The molecule has 0 aromatic rings. The van der Waals surface area contributed by atoms with Gasteiger partial charge in [-0.3, -0.25) is 4.79 Å². The monoisotopic (exact) mass is 363 g/mol. The summed E-state index contributed by atoms with van der Waals surface area (Å²) in [6.45, 7) is 5.81. The van der Waals surface area contributed by atoms with Crippen molar-refractivity contribution in [2.45, 2.75) is 57.0 Å². The Labute approximate surface area is 157 Å². The van der Waals surface area contributed by atoms with Crippen molar-refractivity contribution in [3.8, 4) is 0 Å². The number of carbonyl (C=O) groups is 1. The molecule has 1 spiro atoms. The molecule has 5 nitrogen and oxygen atoms in total. The molecule has 3 fully saturated rings. The summed E-state index contributed by atoms with van der Waals surface area (Å²) in [6.07, 6.45) is 10.9. The first-order chi connectivity index (χ1) is 12.8. The van der Waals surface area contributed by atoms with Crippen molar-refractivity contribution in [2.75, 3.05) is 46.1 Å². The normalized spacial score (nSPS) is 28.8. The van der Waals surface area contributed by atoms with Gasteiger partial charge in [0.1, 0.15) is 5.60 Å². The maximum absolute atomic E-state index is 12.6. The number of rotatable bonds is 6. The number of ether oxygens (including phenoxy) is 3. The van der Waals surface area contributed by atoms with E-state index in [1.54, 1.807) is 0 Å². The highest BCUT2D eigenvalue weighted by atomic mass is 16.5. The van der Waals surface area contributed by atoms with Gasteiger partial charge in [-0.1, -0.05) is 6.08 Å². The van der Waals surface area contributed by atoms with Crippen LogP contribution in [-0.2, 0) is 19.0 Å². The Morgan fingerprint density at radius 1 is 1.19 bits per heavy atom. The van der Waals surface area contributed by atoms with Gasteiger partial charge in [-0.2, -0.15) is 0 Å². The van der Waals surface area contributed by atoms with Crippen molar-refractivity contribution < 1.29 is 19.0 Å². The molecule has 3 heterocycles. The van der Waals surface area contributed by atoms with E-state index in [4.69, 9.17) is 14.2 Å². The molecule has 1 amide bonds. The molecule has 1 aliphatic carbocycles. The fraction of sp³-hybridized carbons (Fsp3) is 0.857. The van der Waals surface area contributed by atoms with E-state index >= 15 is 0 Å². The zero-order valence-corrected chi connectivity index (χ0v) is 15.9. The van der Waals surface area contributed by atoms with Gasteiger partial charge in [0.05, 0.1) is 13.1 Å². The SMILES string of the molecule is O=C(C1=CCCCC1)N1CC2(C1)OCC[C@H]2CCOCC1CCOCC1. The smallest absolute Gasteiger partial charge is 0.249 e. The van der Waals surface area contributed by atoms with E-state index in [0.29, 0.717) is 11.8 Å². The molecular weight excluding hydrogens is 330 g/mol. The van der Waals surface area contributed by atoms with Crippen LogP contribution in [0.3, 0.4) is 0 Å². The molecule has 3 aliphatic heterocycles. The predicted octanol–water partition coefficient (Wildman–Crippen LogP) is 2.94. The lowest BCUT2D eigenvalue weighted by Crippen LogP contribution is -2.66. The van der Waals surface area contributed by atoms with E-state index in [1.807, 2.05) is 4.90 Å². The maximum atomic E-state index is 12.6. The third kappa shape index (κ3) is 4.00. The second-order valence-electron chi connectivity index (χ2n) is 8.45. The Morgan fingerprint density at radius 3 is 2.81 bits per heavy atom. The highest BCUT2D eigenvalue weighted by molar-refractivity contribution is 5.94. The van der Waals surface area contributed by atoms with Gasteiger partial charge in [0.15, 0.2) is 0 Å². The Kier molecular flexibility index (Phi) is 5.97. The van der Waals surface area contributed by atoms with Crippen molar-refractivity contribution >= 4 is 5.91 Å². The topological polar surface area (TPSA) is 48.0 Å². The lowest BCUT2D eigenvalue weighted by molar-refractivity contribution is -0.162. The minimum absolute atomic E-state index is 0.0904. The van der Waals surface area contributed by atoms with Crippen LogP contribution in [0.2, 0.25) is 0 Å². The number of carbonyl (C=O) groups excluding carboxylic acids is 1. The standard InChI is InChI=1S/C21H33NO4/c23-20(18-4-2-1-3-5-18)22-15-21(16-22)19(9-13-26-21)8-12-25-14-17-6-10-24-11-7-17/h4,17,19H,1-3,5-16H2/t19-/m1/s1. The van der Waals surface area contributed by atoms with E-state index in [2.05, 4.69) is 6.08 Å². The molecule has 4 aliphatic rings. The molecule has 0 bridgehead atoms. The van der Waals surface area contributed by atoms with Gasteiger partial charge in [0, 0.05) is 38.6 Å². The lowest BCUT2D eigenvalue weighted by atomic mass is 9.78. The second kappa shape index (κ2) is 8.41. The fourth-order valence-corrected chi connectivity index (χ4v) is 4.91. The highest BCUT2D eigenvalue weighted by Gasteiger charge is 2.54. The van der Waals surface area contributed by atoms with Gasteiger partial charge < -0.3 is 19.1 Å². The largest absolute Gasteiger partial charge is 0.381 e. The molecule has 0 N–H and O–H groups in total. The van der Waals surface area contributed by atoms with Crippen LogP contribution < -0.4 is 0 Å². The minimum atomic E-state index is -0.0904.